The van der Waals surface area contributed by atoms with E-state index in [0.29, 0.717) is 5.69 Å². The van der Waals surface area contributed by atoms with E-state index in [-0.39, 0.29) is 0 Å². The molecule has 0 spiro atoms. The number of pyridine rings is 1. The largest absolute Gasteiger partial charge is 0.397 e. The Morgan fingerprint density at radius 3 is 2.22 bits per heavy atom. The van der Waals surface area contributed by atoms with Gasteiger partial charge in [0.15, 0.2) is 0 Å². The van der Waals surface area contributed by atoms with Crippen molar-refractivity contribution in [2.24, 2.45) is 0 Å². The SMILES string of the molecule is Cc1cc(N)cnc1Nc1cc(C)c(Br)c(C)c1. The number of halogens is 1. The third-order valence-corrected chi connectivity index (χ3v) is 4.05. The molecule has 0 amide bonds. The minimum Gasteiger partial charge on any atom is -0.397 e. The summed E-state index contributed by atoms with van der Waals surface area (Å²) in [4.78, 5) is 4.31. The molecule has 0 radical (unpaired) electrons. The first-order valence-corrected chi connectivity index (χ1v) is 6.52. The fraction of sp³-hybridized carbons (Fsp3) is 0.214. The number of hydrogen-bond donors (Lipinski definition) is 2. The third kappa shape index (κ3) is 2.64. The number of hydrogen-bond acceptors (Lipinski definition) is 3. The highest BCUT2D eigenvalue weighted by Crippen LogP contribution is 2.27. The second kappa shape index (κ2) is 4.98. The Bertz CT molecular complexity index is 571. The smallest absolute Gasteiger partial charge is 0.133 e. The molecule has 0 atom stereocenters. The number of nitrogens with zero attached hydrogens (tertiary/aromatic N) is 1. The average molecular weight is 306 g/mol. The number of nitrogens with one attached hydrogen (secondary N) is 1. The molecular weight excluding hydrogens is 290 g/mol. The van der Waals surface area contributed by atoms with E-state index in [0.717, 1.165) is 21.5 Å². The van der Waals surface area contributed by atoms with Gasteiger partial charge in [0, 0.05) is 10.2 Å². The molecule has 2 rings (SSSR count). The standard InChI is InChI=1S/C14H16BrN3/c1-8-5-12(6-9(2)13(8)15)18-14-10(3)4-11(16)7-17-14/h4-7H,16H2,1-3H3,(H,17,18). The van der Waals surface area contributed by atoms with E-state index in [1.807, 2.05) is 13.0 Å². The highest BCUT2D eigenvalue weighted by molar-refractivity contribution is 9.10. The van der Waals surface area contributed by atoms with Crippen LogP contribution in [0.1, 0.15) is 16.7 Å². The summed E-state index contributed by atoms with van der Waals surface area (Å²) < 4.78 is 1.15. The van der Waals surface area contributed by atoms with Gasteiger partial charge in [-0.3, -0.25) is 0 Å². The number of nitrogens with two attached hydrogens (primary N) is 1. The van der Waals surface area contributed by atoms with Crippen molar-refractivity contribution in [3.63, 3.8) is 0 Å². The van der Waals surface area contributed by atoms with Crippen LogP contribution in [0.3, 0.4) is 0 Å². The number of rotatable bonds is 2. The lowest BCUT2D eigenvalue weighted by Gasteiger charge is -2.12. The fourth-order valence-electron chi connectivity index (χ4n) is 1.88. The minimum atomic E-state index is 0.682. The van der Waals surface area contributed by atoms with Crippen molar-refractivity contribution in [3.8, 4) is 0 Å². The summed E-state index contributed by atoms with van der Waals surface area (Å²) in [6.45, 7) is 6.14. The summed E-state index contributed by atoms with van der Waals surface area (Å²) in [7, 11) is 0. The van der Waals surface area contributed by atoms with Crippen LogP contribution in [0.4, 0.5) is 17.2 Å². The minimum absolute atomic E-state index is 0.682. The number of nitrogen functional groups attached to an aromatic ring is 1. The molecule has 0 aliphatic rings. The molecule has 0 saturated heterocycles. The lowest BCUT2D eigenvalue weighted by molar-refractivity contribution is 1.25. The number of anilines is 3. The van der Waals surface area contributed by atoms with Crippen LogP contribution in [-0.4, -0.2) is 4.98 Å². The number of aryl methyl sites for hydroxylation is 3. The lowest BCUT2D eigenvalue weighted by atomic mass is 10.1. The zero-order valence-electron chi connectivity index (χ0n) is 10.7. The van der Waals surface area contributed by atoms with Gasteiger partial charge in [-0.15, -0.1) is 0 Å². The third-order valence-electron chi connectivity index (χ3n) is 2.80. The fourth-order valence-corrected chi connectivity index (χ4v) is 2.11. The van der Waals surface area contributed by atoms with E-state index >= 15 is 0 Å². The van der Waals surface area contributed by atoms with Crippen LogP contribution in [0.2, 0.25) is 0 Å². The van der Waals surface area contributed by atoms with Crippen LogP contribution in [0.15, 0.2) is 28.9 Å². The van der Waals surface area contributed by atoms with Crippen molar-refractivity contribution in [1.29, 1.82) is 0 Å². The lowest BCUT2D eigenvalue weighted by Crippen LogP contribution is -1.99. The Morgan fingerprint density at radius 1 is 1.06 bits per heavy atom. The maximum absolute atomic E-state index is 5.69. The van der Waals surface area contributed by atoms with Gasteiger partial charge in [-0.05, 0) is 55.7 Å². The first-order chi connectivity index (χ1) is 8.47. The Hall–Kier alpha value is -1.55. The van der Waals surface area contributed by atoms with Gasteiger partial charge < -0.3 is 11.1 Å². The molecule has 3 N–H and O–H groups in total. The summed E-state index contributed by atoms with van der Waals surface area (Å²) in [6.07, 6.45) is 1.66. The van der Waals surface area contributed by atoms with Crippen molar-refractivity contribution < 1.29 is 0 Å². The molecule has 2 aromatic rings. The van der Waals surface area contributed by atoms with E-state index in [2.05, 4.69) is 52.2 Å². The van der Waals surface area contributed by atoms with Crippen molar-refractivity contribution >= 4 is 33.1 Å². The Kier molecular flexibility index (Phi) is 3.57. The van der Waals surface area contributed by atoms with E-state index in [1.165, 1.54) is 11.1 Å². The topological polar surface area (TPSA) is 50.9 Å². The summed E-state index contributed by atoms with van der Waals surface area (Å²) in [5, 5.41) is 3.32. The summed E-state index contributed by atoms with van der Waals surface area (Å²) in [5.74, 6) is 0.838. The van der Waals surface area contributed by atoms with Gasteiger partial charge in [-0.25, -0.2) is 4.98 Å². The second-order valence-electron chi connectivity index (χ2n) is 4.48. The van der Waals surface area contributed by atoms with Crippen LogP contribution in [0, 0.1) is 20.8 Å². The van der Waals surface area contributed by atoms with Crippen LogP contribution in [-0.2, 0) is 0 Å². The summed E-state index contributed by atoms with van der Waals surface area (Å²) in [5.41, 5.74) is 10.8. The number of aromatic nitrogens is 1. The molecule has 0 saturated carbocycles. The van der Waals surface area contributed by atoms with E-state index < -0.39 is 0 Å². The molecule has 0 aliphatic heterocycles. The Morgan fingerprint density at radius 2 is 1.67 bits per heavy atom. The van der Waals surface area contributed by atoms with Gasteiger partial charge in [-0.2, -0.15) is 0 Å². The Labute approximate surface area is 116 Å². The van der Waals surface area contributed by atoms with Crippen LogP contribution < -0.4 is 11.1 Å². The predicted molar refractivity (Wildman–Crippen MR) is 80.3 cm³/mol. The first-order valence-electron chi connectivity index (χ1n) is 5.73. The summed E-state index contributed by atoms with van der Waals surface area (Å²) >= 11 is 3.56. The molecule has 0 aliphatic carbocycles. The number of benzene rings is 1. The molecule has 3 nitrogen and oxygen atoms in total. The maximum Gasteiger partial charge on any atom is 0.133 e. The highest BCUT2D eigenvalue weighted by Gasteiger charge is 2.05. The molecule has 1 heterocycles. The van der Waals surface area contributed by atoms with Crippen molar-refractivity contribution in [2.75, 3.05) is 11.1 Å². The van der Waals surface area contributed by atoms with Crippen molar-refractivity contribution in [3.05, 3.63) is 45.6 Å². The average Bonchev–Trinajstić information content (AvgIpc) is 2.29. The molecule has 0 unspecified atom stereocenters. The van der Waals surface area contributed by atoms with E-state index in [1.54, 1.807) is 6.20 Å². The molecule has 94 valence electrons. The molecular formula is C14H16BrN3. The van der Waals surface area contributed by atoms with Gasteiger partial charge in [0.25, 0.3) is 0 Å². The predicted octanol–water partition coefficient (Wildman–Crippen LogP) is 4.10. The molecule has 4 heteroatoms. The second-order valence-corrected chi connectivity index (χ2v) is 5.28. The molecule has 1 aromatic carbocycles. The molecule has 18 heavy (non-hydrogen) atoms. The molecule has 0 fully saturated rings. The van der Waals surface area contributed by atoms with Crippen LogP contribution in [0.5, 0.6) is 0 Å². The van der Waals surface area contributed by atoms with Gasteiger partial charge in [-0.1, -0.05) is 15.9 Å². The van der Waals surface area contributed by atoms with Gasteiger partial charge in [0.05, 0.1) is 11.9 Å². The van der Waals surface area contributed by atoms with Crippen LogP contribution in [0.25, 0.3) is 0 Å². The summed E-state index contributed by atoms with van der Waals surface area (Å²) in [6, 6.07) is 6.09. The zero-order valence-corrected chi connectivity index (χ0v) is 12.3. The van der Waals surface area contributed by atoms with Gasteiger partial charge >= 0.3 is 0 Å². The highest BCUT2D eigenvalue weighted by atomic mass is 79.9. The monoisotopic (exact) mass is 305 g/mol. The maximum atomic E-state index is 5.69. The Balaban J connectivity index is 2.34. The van der Waals surface area contributed by atoms with Gasteiger partial charge in [0.1, 0.15) is 5.82 Å². The van der Waals surface area contributed by atoms with E-state index in [9.17, 15) is 0 Å². The zero-order chi connectivity index (χ0) is 13.3. The van der Waals surface area contributed by atoms with Crippen LogP contribution >= 0.6 is 15.9 Å². The quantitative estimate of drug-likeness (QED) is 0.878. The van der Waals surface area contributed by atoms with Gasteiger partial charge in [0.2, 0.25) is 0 Å². The van der Waals surface area contributed by atoms with Crippen molar-refractivity contribution in [1.82, 2.24) is 4.98 Å². The van der Waals surface area contributed by atoms with E-state index in [4.69, 9.17) is 5.73 Å². The normalized spacial score (nSPS) is 10.4. The molecule has 1 aromatic heterocycles. The molecule has 0 bridgehead atoms. The van der Waals surface area contributed by atoms with Crippen molar-refractivity contribution in [2.45, 2.75) is 20.8 Å². The first kappa shape index (κ1) is 12.9.